The van der Waals surface area contributed by atoms with Gasteiger partial charge in [0.2, 0.25) is 0 Å². The molecule has 1 aromatic carbocycles. The van der Waals surface area contributed by atoms with E-state index in [2.05, 4.69) is 12.2 Å². The van der Waals surface area contributed by atoms with E-state index in [9.17, 15) is 10.1 Å². The standard InChI is InChI=1S/C13H20N2O3/c1-2-3-9-18-10-8-14-11-12-6-4-5-7-13(12)15(16)17/h4-7,14H,2-3,8-11H2,1H3. The molecule has 5 heteroatoms. The Morgan fingerprint density at radius 1 is 1.33 bits per heavy atom. The summed E-state index contributed by atoms with van der Waals surface area (Å²) < 4.78 is 5.39. The molecule has 0 unspecified atom stereocenters. The van der Waals surface area contributed by atoms with Crippen LogP contribution in [0, 0.1) is 10.1 Å². The molecule has 0 spiro atoms. The Balaban J connectivity index is 2.25. The monoisotopic (exact) mass is 252 g/mol. The minimum atomic E-state index is -0.352. The maximum absolute atomic E-state index is 10.8. The van der Waals surface area contributed by atoms with Gasteiger partial charge in [0.15, 0.2) is 0 Å². The van der Waals surface area contributed by atoms with Gasteiger partial charge in [-0.25, -0.2) is 0 Å². The first kappa shape index (κ1) is 14.6. The van der Waals surface area contributed by atoms with Crippen molar-refractivity contribution in [3.63, 3.8) is 0 Å². The zero-order valence-electron chi connectivity index (χ0n) is 10.7. The van der Waals surface area contributed by atoms with Crippen LogP contribution in [0.4, 0.5) is 5.69 Å². The lowest BCUT2D eigenvalue weighted by Crippen LogP contribution is -2.20. The minimum absolute atomic E-state index is 0.164. The predicted octanol–water partition coefficient (Wildman–Crippen LogP) is 2.50. The topological polar surface area (TPSA) is 64.4 Å². The molecule has 0 bridgehead atoms. The number of rotatable bonds is 9. The van der Waals surface area contributed by atoms with Gasteiger partial charge in [0.25, 0.3) is 5.69 Å². The molecule has 5 nitrogen and oxygen atoms in total. The van der Waals surface area contributed by atoms with Gasteiger partial charge in [-0.2, -0.15) is 0 Å². The van der Waals surface area contributed by atoms with Crippen molar-refractivity contribution in [2.45, 2.75) is 26.3 Å². The molecule has 0 aromatic heterocycles. The number of unbranched alkanes of at least 4 members (excludes halogenated alkanes) is 1. The van der Waals surface area contributed by atoms with E-state index in [-0.39, 0.29) is 10.6 Å². The third kappa shape index (κ3) is 5.25. The first-order valence-electron chi connectivity index (χ1n) is 6.26. The van der Waals surface area contributed by atoms with Crippen molar-refractivity contribution in [3.05, 3.63) is 39.9 Å². The van der Waals surface area contributed by atoms with E-state index in [1.807, 2.05) is 6.07 Å². The van der Waals surface area contributed by atoms with Gasteiger partial charge in [0, 0.05) is 31.3 Å². The number of benzene rings is 1. The molecule has 1 aromatic rings. The summed E-state index contributed by atoms with van der Waals surface area (Å²) in [5, 5.41) is 13.9. The van der Waals surface area contributed by atoms with Gasteiger partial charge in [0.05, 0.1) is 11.5 Å². The SMILES string of the molecule is CCCCOCCNCc1ccccc1[N+](=O)[O-]. The zero-order valence-corrected chi connectivity index (χ0v) is 10.7. The number of nitro benzene ring substituents is 1. The zero-order chi connectivity index (χ0) is 13.2. The Hall–Kier alpha value is -1.46. The molecular formula is C13H20N2O3. The molecule has 0 aliphatic carbocycles. The van der Waals surface area contributed by atoms with Crippen molar-refractivity contribution in [2.24, 2.45) is 0 Å². The van der Waals surface area contributed by atoms with Gasteiger partial charge >= 0.3 is 0 Å². The number of para-hydroxylation sites is 1. The number of hydrogen-bond acceptors (Lipinski definition) is 4. The minimum Gasteiger partial charge on any atom is -0.380 e. The number of ether oxygens (including phenoxy) is 1. The summed E-state index contributed by atoms with van der Waals surface area (Å²) in [7, 11) is 0. The molecule has 18 heavy (non-hydrogen) atoms. The van der Waals surface area contributed by atoms with Crippen molar-refractivity contribution >= 4 is 5.69 Å². The molecule has 0 aliphatic heterocycles. The van der Waals surface area contributed by atoms with Crippen LogP contribution < -0.4 is 5.32 Å². The van der Waals surface area contributed by atoms with Crippen LogP contribution >= 0.6 is 0 Å². The third-order valence-electron chi connectivity index (χ3n) is 2.57. The lowest BCUT2D eigenvalue weighted by Gasteiger charge is -2.06. The molecule has 0 heterocycles. The van der Waals surface area contributed by atoms with Crippen LogP contribution in [0.5, 0.6) is 0 Å². The van der Waals surface area contributed by atoms with E-state index in [0.29, 0.717) is 25.3 Å². The number of nitrogens with zero attached hydrogens (tertiary/aromatic N) is 1. The molecule has 0 fully saturated rings. The Morgan fingerprint density at radius 2 is 2.11 bits per heavy atom. The summed E-state index contributed by atoms with van der Waals surface area (Å²) in [5.74, 6) is 0. The lowest BCUT2D eigenvalue weighted by molar-refractivity contribution is -0.385. The fourth-order valence-corrected chi connectivity index (χ4v) is 1.55. The van der Waals surface area contributed by atoms with E-state index < -0.39 is 0 Å². The Kier molecular flexibility index (Phi) is 6.98. The second-order valence-corrected chi connectivity index (χ2v) is 4.03. The Labute approximate surface area is 107 Å². The largest absolute Gasteiger partial charge is 0.380 e. The highest BCUT2D eigenvalue weighted by molar-refractivity contribution is 5.39. The summed E-state index contributed by atoms with van der Waals surface area (Å²) in [6.45, 7) is 4.74. The predicted molar refractivity (Wildman–Crippen MR) is 70.5 cm³/mol. The molecule has 0 aliphatic rings. The fourth-order valence-electron chi connectivity index (χ4n) is 1.55. The summed E-state index contributed by atoms with van der Waals surface area (Å²) in [5.41, 5.74) is 0.868. The summed E-state index contributed by atoms with van der Waals surface area (Å²) in [6.07, 6.45) is 2.20. The van der Waals surface area contributed by atoms with E-state index in [0.717, 1.165) is 19.4 Å². The Bertz CT molecular complexity index is 369. The smallest absolute Gasteiger partial charge is 0.273 e. The van der Waals surface area contributed by atoms with Gasteiger partial charge in [-0.15, -0.1) is 0 Å². The van der Waals surface area contributed by atoms with Crippen LogP contribution in [0.1, 0.15) is 25.3 Å². The van der Waals surface area contributed by atoms with Gasteiger partial charge in [-0.05, 0) is 6.42 Å². The van der Waals surface area contributed by atoms with Crippen molar-refractivity contribution in [1.82, 2.24) is 5.32 Å². The van der Waals surface area contributed by atoms with E-state index >= 15 is 0 Å². The normalized spacial score (nSPS) is 10.5. The maximum Gasteiger partial charge on any atom is 0.273 e. The van der Waals surface area contributed by atoms with Crippen molar-refractivity contribution in [3.8, 4) is 0 Å². The second kappa shape index (κ2) is 8.60. The number of nitrogens with one attached hydrogen (secondary N) is 1. The highest BCUT2D eigenvalue weighted by Gasteiger charge is 2.10. The second-order valence-electron chi connectivity index (χ2n) is 4.03. The molecular weight excluding hydrogens is 232 g/mol. The van der Waals surface area contributed by atoms with E-state index in [4.69, 9.17) is 4.74 Å². The van der Waals surface area contributed by atoms with Gasteiger partial charge in [-0.1, -0.05) is 31.5 Å². The Morgan fingerprint density at radius 3 is 2.83 bits per heavy atom. The summed E-state index contributed by atoms with van der Waals surface area (Å²) in [6, 6.07) is 6.77. The molecule has 0 amide bonds. The van der Waals surface area contributed by atoms with Gasteiger partial charge in [-0.3, -0.25) is 10.1 Å². The molecule has 1 rings (SSSR count). The average molecular weight is 252 g/mol. The van der Waals surface area contributed by atoms with Gasteiger partial charge in [0.1, 0.15) is 0 Å². The molecule has 0 atom stereocenters. The summed E-state index contributed by atoms with van der Waals surface area (Å²) in [4.78, 5) is 10.4. The molecule has 100 valence electrons. The first-order chi connectivity index (χ1) is 8.75. The summed E-state index contributed by atoms with van der Waals surface area (Å²) >= 11 is 0. The van der Waals surface area contributed by atoms with Crippen LogP contribution in [0.15, 0.2) is 24.3 Å². The molecule has 0 saturated heterocycles. The highest BCUT2D eigenvalue weighted by atomic mass is 16.6. The third-order valence-corrected chi connectivity index (χ3v) is 2.57. The number of hydrogen-bond donors (Lipinski definition) is 1. The van der Waals surface area contributed by atoms with E-state index in [1.54, 1.807) is 12.1 Å². The number of nitro groups is 1. The highest BCUT2D eigenvalue weighted by Crippen LogP contribution is 2.16. The van der Waals surface area contributed by atoms with Crippen molar-refractivity contribution in [2.75, 3.05) is 19.8 Å². The lowest BCUT2D eigenvalue weighted by atomic mass is 10.2. The van der Waals surface area contributed by atoms with Crippen molar-refractivity contribution in [1.29, 1.82) is 0 Å². The fraction of sp³-hybridized carbons (Fsp3) is 0.538. The maximum atomic E-state index is 10.8. The van der Waals surface area contributed by atoms with E-state index in [1.165, 1.54) is 6.07 Å². The molecule has 0 saturated carbocycles. The van der Waals surface area contributed by atoms with Crippen LogP contribution in [-0.4, -0.2) is 24.7 Å². The van der Waals surface area contributed by atoms with Crippen LogP contribution in [0.3, 0.4) is 0 Å². The average Bonchev–Trinajstić information content (AvgIpc) is 2.38. The van der Waals surface area contributed by atoms with Crippen LogP contribution in [0.25, 0.3) is 0 Å². The van der Waals surface area contributed by atoms with Crippen molar-refractivity contribution < 1.29 is 9.66 Å². The van der Waals surface area contributed by atoms with Crippen LogP contribution in [0.2, 0.25) is 0 Å². The first-order valence-corrected chi connectivity index (χ1v) is 6.26. The van der Waals surface area contributed by atoms with Gasteiger partial charge < -0.3 is 10.1 Å². The quantitative estimate of drug-likeness (QED) is 0.416. The molecule has 1 N–H and O–H groups in total. The van der Waals surface area contributed by atoms with Crippen LogP contribution in [-0.2, 0) is 11.3 Å². The molecule has 0 radical (unpaired) electrons.